The van der Waals surface area contributed by atoms with Crippen molar-refractivity contribution in [1.82, 2.24) is 20.2 Å². The van der Waals surface area contributed by atoms with Crippen molar-refractivity contribution in [1.29, 1.82) is 0 Å². The Morgan fingerprint density at radius 2 is 2.07 bits per heavy atom. The van der Waals surface area contributed by atoms with E-state index in [9.17, 15) is 4.79 Å². The Bertz CT molecular complexity index is 825. The summed E-state index contributed by atoms with van der Waals surface area (Å²) in [5, 5.41) is 3.34. The minimum atomic E-state index is -0.0686. The third-order valence-corrected chi connectivity index (χ3v) is 5.37. The fraction of sp³-hybridized carbons (Fsp3) is 0.476. The number of hydrogen-bond donors (Lipinski definition) is 1. The van der Waals surface area contributed by atoms with E-state index in [1.807, 2.05) is 23.2 Å². The minimum absolute atomic E-state index is 0.0116. The summed E-state index contributed by atoms with van der Waals surface area (Å²) in [5.74, 6) is 2.15. The average Bonchev–Trinajstić information content (AvgIpc) is 2.77. The number of piperidine rings is 1. The maximum Gasteiger partial charge on any atom is 0.261 e. The molecule has 0 saturated carbocycles. The number of hydrogen-bond acceptors (Lipinski definition) is 6. The molecule has 1 unspecified atom stereocenters. The van der Waals surface area contributed by atoms with Gasteiger partial charge < -0.3 is 19.7 Å². The van der Waals surface area contributed by atoms with E-state index >= 15 is 0 Å². The second-order valence-electron chi connectivity index (χ2n) is 7.19. The summed E-state index contributed by atoms with van der Waals surface area (Å²) >= 11 is 0. The van der Waals surface area contributed by atoms with Crippen molar-refractivity contribution in [2.75, 3.05) is 26.8 Å². The summed E-state index contributed by atoms with van der Waals surface area (Å²) < 4.78 is 10.8. The molecule has 7 heteroatoms. The number of amides is 1. The summed E-state index contributed by atoms with van der Waals surface area (Å²) in [6.45, 7) is 2.49. The molecule has 0 radical (unpaired) electrons. The van der Waals surface area contributed by atoms with Crippen LogP contribution in [0, 0.1) is 0 Å². The number of aromatic nitrogens is 2. The molecule has 1 atom stereocenters. The summed E-state index contributed by atoms with van der Waals surface area (Å²) in [7, 11) is 1.62. The molecule has 148 valence electrons. The molecule has 1 amide bonds. The largest absolute Gasteiger partial charge is 0.497 e. The Hall–Kier alpha value is -2.67. The van der Waals surface area contributed by atoms with Crippen LogP contribution in [0.15, 0.2) is 30.5 Å². The zero-order valence-corrected chi connectivity index (χ0v) is 16.2. The van der Waals surface area contributed by atoms with Gasteiger partial charge in [0.1, 0.15) is 11.5 Å². The molecule has 1 fully saturated rings. The maximum absolute atomic E-state index is 12.9. The first kappa shape index (κ1) is 18.7. The van der Waals surface area contributed by atoms with Gasteiger partial charge in [-0.05, 0) is 43.5 Å². The summed E-state index contributed by atoms with van der Waals surface area (Å²) in [6, 6.07) is 7.18. The molecule has 2 aliphatic rings. The first-order valence-electron chi connectivity index (χ1n) is 9.86. The van der Waals surface area contributed by atoms with Gasteiger partial charge in [-0.2, -0.15) is 0 Å². The van der Waals surface area contributed by atoms with Crippen molar-refractivity contribution in [2.45, 2.75) is 38.3 Å². The molecular formula is C21H26N4O3. The van der Waals surface area contributed by atoms with E-state index in [2.05, 4.69) is 10.3 Å². The minimum Gasteiger partial charge on any atom is -0.497 e. The lowest BCUT2D eigenvalue weighted by Crippen LogP contribution is -2.42. The van der Waals surface area contributed by atoms with Gasteiger partial charge in [0.25, 0.3) is 5.91 Å². The molecule has 0 spiro atoms. The second kappa shape index (κ2) is 8.56. The van der Waals surface area contributed by atoms with Gasteiger partial charge in [0.05, 0.1) is 13.2 Å². The van der Waals surface area contributed by atoms with Crippen molar-refractivity contribution >= 4 is 5.91 Å². The van der Waals surface area contributed by atoms with E-state index in [0.717, 1.165) is 68.1 Å². The van der Waals surface area contributed by atoms with Gasteiger partial charge in [0.15, 0.2) is 12.4 Å². The van der Waals surface area contributed by atoms with Gasteiger partial charge in [0.2, 0.25) is 0 Å². The van der Waals surface area contributed by atoms with Crippen molar-refractivity contribution in [3.63, 3.8) is 0 Å². The molecule has 0 aliphatic carbocycles. The van der Waals surface area contributed by atoms with Gasteiger partial charge in [0, 0.05) is 43.5 Å². The second-order valence-corrected chi connectivity index (χ2v) is 7.19. The van der Waals surface area contributed by atoms with Gasteiger partial charge in [-0.3, -0.25) is 4.79 Å². The van der Waals surface area contributed by atoms with Gasteiger partial charge in [-0.15, -0.1) is 0 Å². The van der Waals surface area contributed by atoms with E-state index in [0.29, 0.717) is 5.75 Å². The number of nitrogens with zero attached hydrogens (tertiary/aromatic N) is 3. The molecule has 28 heavy (non-hydrogen) atoms. The van der Waals surface area contributed by atoms with Crippen LogP contribution >= 0.6 is 0 Å². The van der Waals surface area contributed by atoms with E-state index < -0.39 is 0 Å². The number of methoxy groups -OCH3 is 1. The van der Waals surface area contributed by atoms with Gasteiger partial charge in [-0.1, -0.05) is 0 Å². The molecule has 0 bridgehead atoms. The molecule has 2 aromatic rings. The number of carbonyl (C=O) groups excluding carboxylic acids is 1. The van der Waals surface area contributed by atoms with Crippen LogP contribution in [0.2, 0.25) is 0 Å². The monoisotopic (exact) mass is 382 g/mol. The maximum atomic E-state index is 12.9. The Labute approximate surface area is 165 Å². The standard InChI is InChI=1S/C21H26N4O3/c1-27-16-5-7-17(8-6-16)28-14-20(26)25-11-3-2-4-19(25)21-23-13-15-12-22-10-9-18(15)24-21/h5-8,13,19,22H,2-4,9-12,14H2,1H3. The van der Waals surface area contributed by atoms with E-state index in [1.54, 1.807) is 19.2 Å². The lowest BCUT2D eigenvalue weighted by molar-refractivity contribution is -0.137. The predicted molar refractivity (Wildman–Crippen MR) is 104 cm³/mol. The summed E-state index contributed by atoms with van der Waals surface area (Å²) in [5.41, 5.74) is 2.27. The van der Waals surface area contributed by atoms with Gasteiger partial charge in [-0.25, -0.2) is 9.97 Å². The van der Waals surface area contributed by atoms with E-state index in [1.165, 1.54) is 0 Å². The Morgan fingerprint density at radius 3 is 2.89 bits per heavy atom. The first-order chi connectivity index (χ1) is 13.7. The van der Waals surface area contributed by atoms with Crippen LogP contribution in [0.25, 0.3) is 0 Å². The number of nitrogens with one attached hydrogen (secondary N) is 1. The van der Waals surface area contributed by atoms with Crippen molar-refractivity contribution < 1.29 is 14.3 Å². The summed E-state index contributed by atoms with van der Waals surface area (Å²) in [6.07, 6.45) is 5.79. The topological polar surface area (TPSA) is 76.6 Å². The fourth-order valence-corrected chi connectivity index (χ4v) is 3.81. The molecule has 4 rings (SSSR count). The highest BCUT2D eigenvalue weighted by molar-refractivity contribution is 5.78. The third kappa shape index (κ3) is 4.09. The van der Waals surface area contributed by atoms with E-state index in [-0.39, 0.29) is 18.6 Å². The highest BCUT2D eigenvalue weighted by Crippen LogP contribution is 2.30. The molecule has 1 aromatic carbocycles. The number of carbonyl (C=O) groups is 1. The van der Waals surface area contributed by atoms with Crippen molar-refractivity contribution in [2.24, 2.45) is 0 Å². The normalized spacial score (nSPS) is 19.0. The van der Waals surface area contributed by atoms with Crippen LogP contribution < -0.4 is 14.8 Å². The lowest BCUT2D eigenvalue weighted by Gasteiger charge is -2.35. The van der Waals surface area contributed by atoms with E-state index in [4.69, 9.17) is 14.5 Å². The SMILES string of the molecule is COc1ccc(OCC(=O)N2CCCCC2c2ncc3c(n2)CCNC3)cc1. The Kier molecular flexibility index (Phi) is 5.71. The Balaban J connectivity index is 1.44. The van der Waals surface area contributed by atoms with Crippen LogP contribution in [-0.4, -0.2) is 47.6 Å². The fourth-order valence-electron chi connectivity index (χ4n) is 3.81. The quantitative estimate of drug-likeness (QED) is 0.855. The molecule has 1 N–H and O–H groups in total. The average molecular weight is 382 g/mol. The molecule has 7 nitrogen and oxygen atoms in total. The highest BCUT2D eigenvalue weighted by Gasteiger charge is 2.30. The molecular weight excluding hydrogens is 356 g/mol. The number of fused-ring (bicyclic) bond motifs is 1. The van der Waals surface area contributed by atoms with Crippen LogP contribution in [0.5, 0.6) is 11.5 Å². The highest BCUT2D eigenvalue weighted by atomic mass is 16.5. The molecule has 2 aliphatic heterocycles. The predicted octanol–water partition coefficient (Wildman–Crippen LogP) is 2.26. The van der Waals surface area contributed by atoms with Crippen LogP contribution in [0.4, 0.5) is 0 Å². The number of rotatable bonds is 5. The number of likely N-dealkylation sites (tertiary alicyclic amines) is 1. The summed E-state index contributed by atoms with van der Waals surface area (Å²) in [4.78, 5) is 24.2. The van der Waals surface area contributed by atoms with Crippen molar-refractivity contribution in [3.05, 3.63) is 47.5 Å². The van der Waals surface area contributed by atoms with Crippen molar-refractivity contribution in [3.8, 4) is 11.5 Å². The zero-order chi connectivity index (χ0) is 19.3. The third-order valence-electron chi connectivity index (χ3n) is 5.37. The van der Waals surface area contributed by atoms with Crippen LogP contribution in [0.1, 0.15) is 42.4 Å². The zero-order valence-electron chi connectivity index (χ0n) is 16.2. The molecule has 3 heterocycles. The number of benzene rings is 1. The lowest BCUT2D eigenvalue weighted by atomic mass is 10.0. The number of ether oxygens (including phenoxy) is 2. The molecule has 1 aromatic heterocycles. The Morgan fingerprint density at radius 1 is 1.25 bits per heavy atom. The molecule has 1 saturated heterocycles. The van der Waals surface area contributed by atoms with Crippen LogP contribution in [0.3, 0.4) is 0 Å². The first-order valence-corrected chi connectivity index (χ1v) is 9.86. The van der Waals surface area contributed by atoms with Gasteiger partial charge >= 0.3 is 0 Å². The smallest absolute Gasteiger partial charge is 0.261 e. The van der Waals surface area contributed by atoms with Crippen LogP contribution in [-0.2, 0) is 17.8 Å².